The zero-order chi connectivity index (χ0) is 17.5. The molecule has 0 bridgehead atoms. The maximum absolute atomic E-state index is 11.9. The van der Waals surface area contributed by atoms with Crippen LogP contribution in [0.3, 0.4) is 0 Å². The summed E-state index contributed by atoms with van der Waals surface area (Å²) in [6.45, 7) is 0. The number of methoxy groups -OCH3 is 2. The van der Waals surface area contributed by atoms with Gasteiger partial charge in [-0.25, -0.2) is 0 Å². The van der Waals surface area contributed by atoms with Crippen molar-refractivity contribution in [1.29, 1.82) is 5.26 Å². The number of nitrogens with zero attached hydrogens (tertiary/aromatic N) is 1. The molecular weight excluding hydrogens is 310 g/mol. The maximum Gasteiger partial charge on any atom is 0.314 e. The van der Waals surface area contributed by atoms with Crippen molar-refractivity contribution in [2.75, 3.05) is 24.9 Å². The number of benzene rings is 2. The summed E-state index contributed by atoms with van der Waals surface area (Å²) in [5, 5.41) is 13.6. The number of rotatable bonds is 4. The Balaban J connectivity index is 2.03. The third-order valence-corrected chi connectivity index (χ3v) is 3.12. The molecule has 2 rings (SSSR count). The zero-order valence-electron chi connectivity index (χ0n) is 13.1. The van der Waals surface area contributed by atoms with Gasteiger partial charge in [0.1, 0.15) is 0 Å². The Hall–Kier alpha value is -3.53. The van der Waals surface area contributed by atoms with Crippen LogP contribution in [0.15, 0.2) is 42.5 Å². The van der Waals surface area contributed by atoms with Crippen LogP contribution in [-0.4, -0.2) is 26.0 Å². The molecule has 0 spiro atoms. The molecule has 0 aromatic heterocycles. The Morgan fingerprint density at radius 1 is 0.875 bits per heavy atom. The third kappa shape index (κ3) is 4.01. The minimum Gasteiger partial charge on any atom is -0.493 e. The average Bonchev–Trinajstić information content (AvgIpc) is 2.62. The van der Waals surface area contributed by atoms with Gasteiger partial charge in [0.15, 0.2) is 11.5 Å². The van der Waals surface area contributed by atoms with Crippen LogP contribution in [0, 0.1) is 11.3 Å². The quantitative estimate of drug-likeness (QED) is 0.839. The van der Waals surface area contributed by atoms with Gasteiger partial charge in [-0.3, -0.25) is 9.59 Å². The van der Waals surface area contributed by atoms with E-state index < -0.39 is 11.8 Å². The van der Waals surface area contributed by atoms with Crippen LogP contribution in [0.4, 0.5) is 11.4 Å². The van der Waals surface area contributed by atoms with Gasteiger partial charge in [-0.2, -0.15) is 5.26 Å². The lowest BCUT2D eigenvalue weighted by Crippen LogP contribution is -2.29. The number of anilines is 2. The summed E-state index contributed by atoms with van der Waals surface area (Å²) < 4.78 is 10.2. The van der Waals surface area contributed by atoms with E-state index in [-0.39, 0.29) is 0 Å². The number of hydrogen-bond donors (Lipinski definition) is 2. The Kier molecular flexibility index (Phi) is 5.36. The molecule has 2 N–H and O–H groups in total. The highest BCUT2D eigenvalue weighted by Crippen LogP contribution is 2.29. The van der Waals surface area contributed by atoms with E-state index in [1.54, 1.807) is 42.5 Å². The molecule has 0 radical (unpaired) electrons. The van der Waals surface area contributed by atoms with Gasteiger partial charge in [0.05, 0.1) is 25.9 Å². The molecule has 122 valence electrons. The Morgan fingerprint density at radius 2 is 1.42 bits per heavy atom. The number of carbonyl (C=O) groups excluding carboxylic acids is 2. The summed E-state index contributed by atoms with van der Waals surface area (Å²) in [6, 6.07) is 12.9. The van der Waals surface area contributed by atoms with Crippen LogP contribution < -0.4 is 20.1 Å². The topological polar surface area (TPSA) is 100 Å². The molecule has 0 aliphatic rings. The van der Waals surface area contributed by atoms with Gasteiger partial charge < -0.3 is 20.1 Å². The van der Waals surface area contributed by atoms with Crippen molar-refractivity contribution in [2.45, 2.75) is 0 Å². The van der Waals surface area contributed by atoms with Gasteiger partial charge in [0, 0.05) is 17.4 Å². The van der Waals surface area contributed by atoms with Crippen LogP contribution in [-0.2, 0) is 9.59 Å². The highest BCUT2D eigenvalue weighted by molar-refractivity contribution is 6.43. The van der Waals surface area contributed by atoms with Gasteiger partial charge in [-0.05, 0) is 36.4 Å². The molecule has 0 unspecified atom stereocenters. The standard InChI is InChI=1S/C17H15N3O4/c1-23-14-8-7-13(9-15(14)24-2)20-17(22)16(21)19-12-5-3-11(10-18)4-6-12/h3-9H,1-2H3,(H,19,21)(H,20,22). The van der Waals surface area contributed by atoms with Gasteiger partial charge in [-0.15, -0.1) is 0 Å². The first-order valence-corrected chi connectivity index (χ1v) is 6.92. The van der Waals surface area contributed by atoms with Crippen molar-refractivity contribution >= 4 is 23.2 Å². The monoisotopic (exact) mass is 325 g/mol. The van der Waals surface area contributed by atoms with Crippen molar-refractivity contribution in [3.05, 3.63) is 48.0 Å². The molecule has 0 aliphatic heterocycles. The molecule has 0 atom stereocenters. The van der Waals surface area contributed by atoms with E-state index in [1.807, 2.05) is 6.07 Å². The molecule has 7 nitrogen and oxygen atoms in total. The molecule has 2 aromatic rings. The number of nitriles is 1. The van der Waals surface area contributed by atoms with E-state index in [4.69, 9.17) is 14.7 Å². The first-order valence-electron chi connectivity index (χ1n) is 6.92. The van der Waals surface area contributed by atoms with Crippen molar-refractivity contribution in [1.82, 2.24) is 0 Å². The van der Waals surface area contributed by atoms with Crippen LogP contribution in [0.2, 0.25) is 0 Å². The lowest BCUT2D eigenvalue weighted by Gasteiger charge is -2.10. The van der Waals surface area contributed by atoms with Crippen molar-refractivity contribution in [3.8, 4) is 17.6 Å². The second kappa shape index (κ2) is 7.65. The van der Waals surface area contributed by atoms with Gasteiger partial charge >= 0.3 is 11.8 Å². The molecule has 0 saturated carbocycles. The van der Waals surface area contributed by atoms with E-state index in [9.17, 15) is 9.59 Å². The fourth-order valence-electron chi connectivity index (χ4n) is 1.92. The van der Waals surface area contributed by atoms with Gasteiger partial charge in [0.2, 0.25) is 0 Å². The van der Waals surface area contributed by atoms with Crippen LogP contribution >= 0.6 is 0 Å². The zero-order valence-corrected chi connectivity index (χ0v) is 13.1. The Bertz CT molecular complexity index is 794. The second-order valence-corrected chi connectivity index (χ2v) is 4.67. The summed E-state index contributed by atoms with van der Waals surface area (Å²) in [5.41, 5.74) is 1.27. The normalized spacial score (nSPS) is 9.54. The summed E-state index contributed by atoms with van der Waals surface area (Å²) in [7, 11) is 2.97. The summed E-state index contributed by atoms with van der Waals surface area (Å²) >= 11 is 0. The largest absolute Gasteiger partial charge is 0.493 e. The minimum atomic E-state index is -0.827. The molecular formula is C17H15N3O4. The molecule has 0 heterocycles. The fraction of sp³-hybridized carbons (Fsp3) is 0.118. The molecule has 0 fully saturated rings. The predicted molar refractivity (Wildman–Crippen MR) is 88.0 cm³/mol. The van der Waals surface area contributed by atoms with E-state index >= 15 is 0 Å². The van der Waals surface area contributed by atoms with Crippen LogP contribution in [0.5, 0.6) is 11.5 Å². The first-order chi connectivity index (χ1) is 11.6. The Labute approximate surface area is 138 Å². The van der Waals surface area contributed by atoms with Crippen LogP contribution in [0.1, 0.15) is 5.56 Å². The van der Waals surface area contributed by atoms with E-state index in [2.05, 4.69) is 10.6 Å². The Morgan fingerprint density at radius 3 is 1.96 bits per heavy atom. The minimum absolute atomic E-state index is 0.396. The average molecular weight is 325 g/mol. The van der Waals surface area contributed by atoms with Crippen molar-refractivity contribution in [3.63, 3.8) is 0 Å². The predicted octanol–water partition coefficient (Wildman–Crippen LogP) is 2.15. The van der Waals surface area contributed by atoms with Gasteiger partial charge in [-0.1, -0.05) is 0 Å². The second-order valence-electron chi connectivity index (χ2n) is 4.67. The SMILES string of the molecule is COc1ccc(NC(=O)C(=O)Nc2ccc(C#N)cc2)cc1OC. The van der Waals surface area contributed by atoms with Crippen LogP contribution in [0.25, 0.3) is 0 Å². The number of ether oxygens (including phenoxy) is 2. The number of nitrogens with one attached hydrogen (secondary N) is 2. The van der Waals surface area contributed by atoms with E-state index in [0.29, 0.717) is 28.4 Å². The van der Waals surface area contributed by atoms with E-state index in [0.717, 1.165) is 0 Å². The fourth-order valence-corrected chi connectivity index (χ4v) is 1.92. The molecule has 0 aliphatic carbocycles. The molecule has 2 aromatic carbocycles. The highest BCUT2D eigenvalue weighted by atomic mass is 16.5. The highest BCUT2D eigenvalue weighted by Gasteiger charge is 2.15. The molecule has 7 heteroatoms. The van der Waals surface area contributed by atoms with Crippen molar-refractivity contribution < 1.29 is 19.1 Å². The number of amides is 2. The lowest BCUT2D eigenvalue weighted by atomic mass is 10.2. The third-order valence-electron chi connectivity index (χ3n) is 3.12. The number of carbonyl (C=O) groups is 2. The van der Waals surface area contributed by atoms with Gasteiger partial charge in [0.25, 0.3) is 0 Å². The summed E-state index contributed by atoms with van der Waals surface area (Å²) in [6.07, 6.45) is 0. The lowest BCUT2D eigenvalue weighted by molar-refractivity contribution is -0.132. The summed E-state index contributed by atoms with van der Waals surface area (Å²) in [5.74, 6) is -0.707. The van der Waals surface area contributed by atoms with E-state index in [1.165, 1.54) is 14.2 Å². The molecule has 24 heavy (non-hydrogen) atoms. The first kappa shape index (κ1) is 16.8. The smallest absolute Gasteiger partial charge is 0.314 e. The summed E-state index contributed by atoms with van der Waals surface area (Å²) in [4.78, 5) is 23.9. The maximum atomic E-state index is 11.9. The molecule has 0 saturated heterocycles. The van der Waals surface area contributed by atoms with Crippen molar-refractivity contribution in [2.24, 2.45) is 0 Å². The molecule has 2 amide bonds. The number of hydrogen-bond acceptors (Lipinski definition) is 5.